The number of allylic oxidation sites excluding steroid dienone is 5. The van der Waals surface area contributed by atoms with Crippen molar-refractivity contribution in [2.45, 2.75) is 122 Å². The number of esters is 1. The van der Waals surface area contributed by atoms with Crippen LogP contribution in [0, 0.1) is 11.8 Å². The van der Waals surface area contributed by atoms with Crippen molar-refractivity contribution >= 4 is 11.9 Å². The first-order valence-electron chi connectivity index (χ1n) is 14.2. The predicted molar refractivity (Wildman–Crippen MR) is 145 cm³/mol. The van der Waals surface area contributed by atoms with E-state index in [0.717, 1.165) is 38.5 Å². The molecule has 2 fully saturated rings. The molecular formula is C31H46O6. The van der Waals surface area contributed by atoms with Gasteiger partial charge in [-0.15, -0.1) is 0 Å². The summed E-state index contributed by atoms with van der Waals surface area (Å²) < 4.78 is 18.9. The minimum absolute atomic E-state index is 0.0158. The van der Waals surface area contributed by atoms with Crippen molar-refractivity contribution in [1.29, 1.82) is 0 Å². The lowest BCUT2D eigenvalue weighted by molar-refractivity contribution is -0.154. The molecule has 3 aliphatic heterocycles. The average Bonchev–Trinajstić information content (AvgIpc) is 2.85. The Kier molecular flexibility index (Phi) is 12.1. The number of cyclic esters (lactones) is 1. The molecule has 0 amide bonds. The lowest BCUT2D eigenvalue weighted by atomic mass is 9.90. The molecule has 3 heterocycles. The van der Waals surface area contributed by atoms with E-state index in [0.29, 0.717) is 18.8 Å². The fourth-order valence-electron chi connectivity index (χ4n) is 5.55. The highest BCUT2D eigenvalue weighted by Crippen LogP contribution is 2.33. The number of ether oxygens (including phenoxy) is 3. The highest BCUT2D eigenvalue weighted by atomic mass is 16.5. The molecule has 0 aliphatic carbocycles. The molecule has 37 heavy (non-hydrogen) atoms. The maximum atomic E-state index is 13.0. The summed E-state index contributed by atoms with van der Waals surface area (Å²) in [4.78, 5) is 23.7. The largest absolute Gasteiger partial charge is 0.481 e. The number of hydrogen-bond donors (Lipinski definition) is 1. The zero-order valence-corrected chi connectivity index (χ0v) is 22.8. The number of rotatable bonds is 6. The van der Waals surface area contributed by atoms with E-state index >= 15 is 0 Å². The van der Waals surface area contributed by atoms with E-state index in [1.165, 1.54) is 12.0 Å². The SMILES string of the molecule is CC=C1CC2CC(=O)OC(C=CC=CCCCC(=O)O)C(C)C=CC(C)CC3CCCC(CC(C1)O2)O3. The summed E-state index contributed by atoms with van der Waals surface area (Å²) in [6.07, 6.45) is 22.9. The van der Waals surface area contributed by atoms with Crippen LogP contribution in [0.4, 0.5) is 0 Å². The van der Waals surface area contributed by atoms with Crippen LogP contribution in [0.25, 0.3) is 0 Å². The van der Waals surface area contributed by atoms with Crippen molar-refractivity contribution in [2.75, 3.05) is 0 Å². The molecule has 0 radical (unpaired) electrons. The Morgan fingerprint density at radius 1 is 1.00 bits per heavy atom. The summed E-state index contributed by atoms with van der Waals surface area (Å²) in [5, 5.41) is 8.77. The van der Waals surface area contributed by atoms with Crippen LogP contribution in [0.1, 0.15) is 91.4 Å². The smallest absolute Gasteiger partial charge is 0.309 e. The van der Waals surface area contributed by atoms with E-state index in [-0.39, 0.29) is 55.2 Å². The number of unbranched alkanes of at least 4 members (excludes halogenated alkanes) is 1. The van der Waals surface area contributed by atoms with Crippen LogP contribution in [0.2, 0.25) is 0 Å². The van der Waals surface area contributed by atoms with Gasteiger partial charge in [0.05, 0.1) is 30.8 Å². The highest BCUT2D eigenvalue weighted by Gasteiger charge is 2.32. The lowest BCUT2D eigenvalue weighted by Gasteiger charge is -2.37. The quantitative estimate of drug-likeness (QED) is 0.184. The molecule has 206 valence electrons. The first kappa shape index (κ1) is 29.4. The van der Waals surface area contributed by atoms with Crippen molar-refractivity contribution in [3.05, 3.63) is 48.1 Å². The first-order chi connectivity index (χ1) is 17.8. The lowest BCUT2D eigenvalue weighted by Crippen LogP contribution is -2.37. The number of hydrogen-bond acceptors (Lipinski definition) is 5. The Hall–Kier alpha value is -2.18. The molecule has 0 spiro atoms. The molecule has 0 aromatic heterocycles. The van der Waals surface area contributed by atoms with Gasteiger partial charge in [0.1, 0.15) is 6.10 Å². The topological polar surface area (TPSA) is 82.1 Å². The van der Waals surface area contributed by atoms with Crippen molar-refractivity contribution in [3.8, 4) is 0 Å². The standard InChI is InChI=1S/C31H46O6/c1-4-24-18-27-20-26-12-10-11-25(35-26)17-22(2)15-16-23(3)29(37-31(34)21-28(19-24)36-27)13-8-6-5-7-9-14-30(32)33/h4-6,8,13,15-16,22-23,25-29H,7,9-12,14,17-21H2,1-3H3,(H,32,33). The third-order valence-electron chi connectivity index (χ3n) is 7.60. The predicted octanol–water partition coefficient (Wildman–Crippen LogP) is 6.71. The molecule has 2 saturated heterocycles. The van der Waals surface area contributed by atoms with Gasteiger partial charge < -0.3 is 19.3 Å². The number of fused-ring (bicyclic) bond motifs is 4. The van der Waals surface area contributed by atoms with Crippen molar-refractivity contribution < 1.29 is 28.9 Å². The fraction of sp³-hybridized carbons (Fsp3) is 0.677. The van der Waals surface area contributed by atoms with E-state index in [4.69, 9.17) is 19.3 Å². The van der Waals surface area contributed by atoms with E-state index in [1.807, 2.05) is 24.3 Å². The number of carbonyl (C=O) groups is 2. The van der Waals surface area contributed by atoms with Gasteiger partial charge >= 0.3 is 11.9 Å². The van der Waals surface area contributed by atoms with Gasteiger partial charge in [-0.1, -0.05) is 55.9 Å². The maximum absolute atomic E-state index is 13.0. The van der Waals surface area contributed by atoms with E-state index < -0.39 is 5.97 Å². The zero-order chi connectivity index (χ0) is 26.6. The molecular weight excluding hydrogens is 468 g/mol. The Morgan fingerprint density at radius 3 is 2.49 bits per heavy atom. The van der Waals surface area contributed by atoms with Gasteiger partial charge in [0.25, 0.3) is 0 Å². The van der Waals surface area contributed by atoms with Crippen LogP contribution in [0.5, 0.6) is 0 Å². The normalized spacial score (nSPS) is 35.2. The molecule has 7 unspecified atom stereocenters. The molecule has 3 rings (SSSR count). The number of aliphatic carboxylic acids is 1. The second kappa shape index (κ2) is 15.3. The summed E-state index contributed by atoms with van der Waals surface area (Å²) in [6.45, 7) is 6.37. The summed E-state index contributed by atoms with van der Waals surface area (Å²) in [5.41, 5.74) is 1.34. The second-order valence-electron chi connectivity index (χ2n) is 11.0. The maximum Gasteiger partial charge on any atom is 0.309 e. The van der Waals surface area contributed by atoms with Crippen LogP contribution in [0.15, 0.2) is 48.1 Å². The van der Waals surface area contributed by atoms with Gasteiger partial charge in [0.2, 0.25) is 0 Å². The molecule has 0 aromatic rings. The average molecular weight is 515 g/mol. The van der Waals surface area contributed by atoms with Crippen LogP contribution < -0.4 is 0 Å². The van der Waals surface area contributed by atoms with Crippen LogP contribution in [-0.4, -0.2) is 47.6 Å². The molecule has 7 atom stereocenters. The van der Waals surface area contributed by atoms with Gasteiger partial charge in [0.15, 0.2) is 0 Å². The van der Waals surface area contributed by atoms with Gasteiger partial charge in [-0.25, -0.2) is 0 Å². The monoisotopic (exact) mass is 514 g/mol. The number of carboxylic acids is 1. The van der Waals surface area contributed by atoms with Gasteiger partial charge in [-0.2, -0.15) is 0 Å². The Bertz CT molecular complexity index is 856. The third kappa shape index (κ3) is 10.6. The number of carboxylic acid groups (broad SMARTS) is 1. The number of carbonyl (C=O) groups excluding carboxylic acids is 1. The van der Waals surface area contributed by atoms with E-state index in [1.54, 1.807) is 0 Å². The zero-order valence-electron chi connectivity index (χ0n) is 22.8. The van der Waals surface area contributed by atoms with Crippen LogP contribution in [0.3, 0.4) is 0 Å². The summed E-state index contributed by atoms with van der Waals surface area (Å²) in [7, 11) is 0. The van der Waals surface area contributed by atoms with Gasteiger partial charge in [-0.05, 0) is 70.3 Å². The molecule has 4 bridgehead atoms. The Labute approximate surface area is 222 Å². The van der Waals surface area contributed by atoms with Crippen molar-refractivity contribution in [2.24, 2.45) is 11.8 Å². The minimum Gasteiger partial charge on any atom is -0.481 e. The summed E-state index contributed by atoms with van der Waals surface area (Å²) >= 11 is 0. The molecule has 6 heteroatoms. The van der Waals surface area contributed by atoms with Gasteiger partial charge in [-0.3, -0.25) is 9.59 Å². The highest BCUT2D eigenvalue weighted by molar-refractivity contribution is 5.70. The molecule has 0 aromatic carbocycles. The summed E-state index contributed by atoms with van der Waals surface area (Å²) in [6, 6.07) is 0. The van der Waals surface area contributed by atoms with Crippen LogP contribution >= 0.6 is 0 Å². The molecule has 6 nitrogen and oxygen atoms in total. The van der Waals surface area contributed by atoms with Gasteiger partial charge in [0, 0.05) is 18.8 Å². The fourth-order valence-corrected chi connectivity index (χ4v) is 5.55. The molecule has 0 saturated carbocycles. The van der Waals surface area contributed by atoms with Crippen LogP contribution in [-0.2, 0) is 23.8 Å². The molecule has 1 N–H and O–H groups in total. The van der Waals surface area contributed by atoms with E-state index in [9.17, 15) is 9.59 Å². The summed E-state index contributed by atoms with van der Waals surface area (Å²) in [5.74, 6) is -0.627. The van der Waals surface area contributed by atoms with Crippen molar-refractivity contribution in [1.82, 2.24) is 0 Å². The first-order valence-corrected chi connectivity index (χ1v) is 14.2. The minimum atomic E-state index is -0.776. The Balaban J connectivity index is 1.73. The van der Waals surface area contributed by atoms with E-state index in [2.05, 4.69) is 39.0 Å². The van der Waals surface area contributed by atoms with Crippen molar-refractivity contribution in [3.63, 3.8) is 0 Å². The molecule has 3 aliphatic rings. The third-order valence-corrected chi connectivity index (χ3v) is 7.60. The Morgan fingerprint density at radius 2 is 1.73 bits per heavy atom. The second-order valence-corrected chi connectivity index (χ2v) is 11.0.